The van der Waals surface area contributed by atoms with Gasteiger partial charge in [-0.3, -0.25) is 9.59 Å². The fourth-order valence-electron chi connectivity index (χ4n) is 3.31. The van der Waals surface area contributed by atoms with Crippen LogP contribution >= 0.6 is 0 Å². The van der Waals surface area contributed by atoms with E-state index in [-0.39, 0.29) is 23.9 Å². The summed E-state index contributed by atoms with van der Waals surface area (Å²) in [4.78, 5) is 35.7. The van der Waals surface area contributed by atoms with Crippen LogP contribution in [0.15, 0.2) is 11.6 Å². The van der Waals surface area contributed by atoms with Crippen LogP contribution in [0.1, 0.15) is 78.1 Å². The first-order valence-electron chi connectivity index (χ1n) is 9.73. The average molecular weight is 367 g/mol. The number of aliphatic carboxylic acids is 1. The lowest BCUT2D eigenvalue weighted by Gasteiger charge is -2.28. The van der Waals surface area contributed by atoms with Crippen molar-refractivity contribution in [2.75, 3.05) is 7.05 Å². The van der Waals surface area contributed by atoms with E-state index in [2.05, 4.69) is 10.6 Å². The van der Waals surface area contributed by atoms with Gasteiger partial charge < -0.3 is 15.7 Å². The van der Waals surface area contributed by atoms with Gasteiger partial charge in [0.05, 0.1) is 0 Å². The molecule has 2 amide bonds. The number of nitrogens with one attached hydrogen (secondary N) is 2. The van der Waals surface area contributed by atoms with E-state index in [0.717, 1.165) is 31.8 Å². The maximum Gasteiger partial charge on any atom is 0.331 e. The molecule has 0 unspecified atom stereocenters. The van der Waals surface area contributed by atoms with Crippen LogP contribution in [-0.2, 0) is 14.4 Å². The molecule has 1 fully saturated rings. The van der Waals surface area contributed by atoms with Gasteiger partial charge in [0.1, 0.15) is 0 Å². The number of amides is 2. The molecule has 1 saturated carbocycles. The molecule has 3 N–H and O–H groups in total. The Hall–Kier alpha value is -1.85. The first-order chi connectivity index (χ1) is 12.3. The normalized spacial score (nSPS) is 18.0. The second-order valence-corrected chi connectivity index (χ2v) is 7.87. The van der Waals surface area contributed by atoms with Crippen LogP contribution in [0.4, 0.5) is 0 Å². The van der Waals surface area contributed by atoms with Crippen LogP contribution in [0, 0.1) is 5.41 Å². The Morgan fingerprint density at radius 2 is 1.50 bits per heavy atom. The smallest absolute Gasteiger partial charge is 0.331 e. The van der Waals surface area contributed by atoms with E-state index in [0.29, 0.717) is 0 Å². The van der Waals surface area contributed by atoms with Crippen molar-refractivity contribution in [2.24, 2.45) is 5.41 Å². The minimum Gasteiger partial charge on any atom is -0.478 e. The fourth-order valence-corrected chi connectivity index (χ4v) is 3.31. The summed E-state index contributed by atoms with van der Waals surface area (Å²) in [5.41, 5.74) is -0.955. The van der Waals surface area contributed by atoms with Gasteiger partial charge in [-0.1, -0.05) is 58.8 Å². The highest BCUT2D eigenvalue weighted by Gasteiger charge is 2.32. The summed E-state index contributed by atoms with van der Waals surface area (Å²) >= 11 is 0. The lowest BCUT2D eigenvalue weighted by Crippen LogP contribution is -2.43. The molecule has 0 aromatic carbocycles. The van der Waals surface area contributed by atoms with Crippen molar-refractivity contribution in [1.82, 2.24) is 10.6 Å². The zero-order valence-electron chi connectivity index (χ0n) is 16.4. The summed E-state index contributed by atoms with van der Waals surface area (Å²) in [6, 6.07) is 0.149. The van der Waals surface area contributed by atoms with E-state index in [1.807, 2.05) is 0 Å². The van der Waals surface area contributed by atoms with Gasteiger partial charge in [0.15, 0.2) is 0 Å². The molecular weight excluding hydrogens is 332 g/mol. The van der Waals surface area contributed by atoms with E-state index < -0.39 is 17.3 Å². The van der Waals surface area contributed by atoms with Gasteiger partial charge in [0.25, 0.3) is 0 Å². The molecule has 0 aromatic heterocycles. The van der Waals surface area contributed by atoms with Crippen LogP contribution in [-0.4, -0.2) is 36.0 Å². The molecule has 6 heteroatoms. The van der Waals surface area contributed by atoms with Gasteiger partial charge in [0, 0.05) is 30.2 Å². The molecule has 0 bridgehead atoms. The quantitative estimate of drug-likeness (QED) is 0.629. The Morgan fingerprint density at radius 3 is 1.96 bits per heavy atom. The van der Waals surface area contributed by atoms with Gasteiger partial charge in [-0.2, -0.15) is 0 Å². The molecule has 1 aliphatic rings. The van der Waals surface area contributed by atoms with E-state index in [1.54, 1.807) is 13.8 Å². The molecule has 6 nitrogen and oxygen atoms in total. The molecule has 1 rings (SSSR count). The SMILES string of the molecule is CNC(=O)/C=C(/CC(C)(C)C(=O)NC1CCCCCCCCC1)C(=O)O. The molecule has 0 aliphatic heterocycles. The molecule has 0 heterocycles. The first-order valence-corrected chi connectivity index (χ1v) is 9.73. The first kappa shape index (κ1) is 22.2. The van der Waals surface area contributed by atoms with Crippen molar-refractivity contribution in [3.05, 3.63) is 11.6 Å². The van der Waals surface area contributed by atoms with Gasteiger partial charge in [-0.15, -0.1) is 0 Å². The predicted octanol–water partition coefficient (Wildman–Crippen LogP) is 3.17. The highest BCUT2D eigenvalue weighted by atomic mass is 16.4. The molecule has 0 atom stereocenters. The molecule has 26 heavy (non-hydrogen) atoms. The van der Waals surface area contributed by atoms with Crippen LogP contribution < -0.4 is 10.6 Å². The Kier molecular flexibility index (Phi) is 9.38. The number of carboxylic acid groups (broad SMARTS) is 1. The number of carbonyl (C=O) groups excluding carboxylic acids is 2. The molecule has 0 aromatic rings. The van der Waals surface area contributed by atoms with Crippen molar-refractivity contribution in [3.8, 4) is 0 Å². The fraction of sp³-hybridized carbons (Fsp3) is 0.750. The molecule has 0 spiro atoms. The summed E-state index contributed by atoms with van der Waals surface area (Å²) in [6.07, 6.45) is 11.5. The molecular formula is C20H34N2O4. The molecule has 148 valence electrons. The van der Waals surface area contributed by atoms with Crippen molar-refractivity contribution in [3.63, 3.8) is 0 Å². The predicted molar refractivity (Wildman–Crippen MR) is 102 cm³/mol. The molecule has 0 radical (unpaired) electrons. The third-order valence-corrected chi connectivity index (χ3v) is 5.01. The molecule has 1 aliphatic carbocycles. The van der Waals surface area contributed by atoms with Gasteiger partial charge in [-0.05, 0) is 19.3 Å². The molecule has 0 saturated heterocycles. The third kappa shape index (κ3) is 8.02. The van der Waals surface area contributed by atoms with Gasteiger partial charge in [-0.25, -0.2) is 4.79 Å². The van der Waals surface area contributed by atoms with E-state index >= 15 is 0 Å². The number of carboxylic acids is 1. The average Bonchev–Trinajstić information content (AvgIpc) is 2.59. The standard InChI is InChI=1S/C20H34N2O4/c1-20(2,14-15(18(24)25)13-17(23)21-3)19(26)22-16-11-9-7-5-4-6-8-10-12-16/h13,16H,4-12,14H2,1-3H3,(H,21,23)(H,22,26)(H,24,25)/b15-13-. The van der Waals surface area contributed by atoms with E-state index in [9.17, 15) is 19.5 Å². The van der Waals surface area contributed by atoms with Crippen molar-refractivity contribution in [2.45, 2.75) is 84.1 Å². The van der Waals surface area contributed by atoms with Crippen LogP contribution in [0.5, 0.6) is 0 Å². The number of rotatable bonds is 6. The Labute approximate surface area is 156 Å². The Morgan fingerprint density at radius 1 is 1.00 bits per heavy atom. The second-order valence-electron chi connectivity index (χ2n) is 7.87. The highest BCUT2D eigenvalue weighted by Crippen LogP contribution is 2.27. The van der Waals surface area contributed by atoms with Gasteiger partial charge >= 0.3 is 5.97 Å². The summed E-state index contributed by atoms with van der Waals surface area (Å²) in [5, 5.41) is 14.8. The lowest BCUT2D eigenvalue weighted by atomic mass is 9.83. The zero-order valence-corrected chi connectivity index (χ0v) is 16.4. The van der Waals surface area contributed by atoms with Crippen molar-refractivity contribution in [1.29, 1.82) is 0 Å². The van der Waals surface area contributed by atoms with Gasteiger partial charge in [0.2, 0.25) is 11.8 Å². The summed E-state index contributed by atoms with van der Waals surface area (Å²) in [5.74, 6) is -1.80. The Balaban J connectivity index is 2.73. The number of carbonyl (C=O) groups is 3. The van der Waals surface area contributed by atoms with E-state index in [4.69, 9.17) is 0 Å². The van der Waals surface area contributed by atoms with Crippen molar-refractivity contribution < 1.29 is 19.5 Å². The number of hydrogen-bond acceptors (Lipinski definition) is 3. The monoisotopic (exact) mass is 366 g/mol. The highest BCUT2D eigenvalue weighted by molar-refractivity contribution is 5.98. The number of hydrogen-bond donors (Lipinski definition) is 3. The van der Waals surface area contributed by atoms with E-state index in [1.165, 1.54) is 39.2 Å². The minimum atomic E-state index is -1.17. The van der Waals surface area contributed by atoms with Crippen molar-refractivity contribution >= 4 is 17.8 Å². The lowest BCUT2D eigenvalue weighted by molar-refractivity contribution is -0.134. The maximum absolute atomic E-state index is 12.8. The largest absolute Gasteiger partial charge is 0.478 e. The summed E-state index contributed by atoms with van der Waals surface area (Å²) in [7, 11) is 1.44. The second kappa shape index (κ2) is 11.0. The third-order valence-electron chi connectivity index (χ3n) is 5.01. The summed E-state index contributed by atoms with van der Waals surface area (Å²) < 4.78 is 0. The minimum absolute atomic E-state index is 0.00824. The summed E-state index contributed by atoms with van der Waals surface area (Å²) in [6.45, 7) is 3.45. The topological polar surface area (TPSA) is 95.5 Å². The zero-order chi connectivity index (χ0) is 19.6. The van der Waals surface area contributed by atoms with Crippen LogP contribution in [0.25, 0.3) is 0 Å². The maximum atomic E-state index is 12.8. The van der Waals surface area contributed by atoms with Crippen LogP contribution in [0.3, 0.4) is 0 Å². The number of likely N-dealkylation sites (N-methyl/N-ethyl adjacent to an activating group) is 1. The van der Waals surface area contributed by atoms with Crippen LogP contribution in [0.2, 0.25) is 0 Å². The Bertz CT molecular complexity index is 516.